The molecular weight excluding hydrogens is 813 g/mol. The standard InChI is InChI=1S/C44H58N6O7SSi2/c1-41(2,3)59(8,9)54-26-35-44(34(45)27-58(51,52)57-44)37(56-60(10,11)42(4,5)6)40(55-35)50-29-48-36-38(46-28-47-39(36)50)49-43(30-18-14-12-15-19-30,31-20-16-13-17-21-31)32-22-24-33(53-7)25-23-32/h12-25,27-29,35,37,40H,26,45H2,1-11H3,(H,46,47,49). The van der Waals surface area contributed by atoms with Gasteiger partial charge in [-0.15, -0.1) is 0 Å². The lowest BCUT2D eigenvalue weighted by atomic mass is 9.77. The third kappa shape index (κ3) is 7.60. The van der Waals surface area contributed by atoms with Crippen LogP contribution in [0.15, 0.2) is 109 Å². The van der Waals surface area contributed by atoms with E-state index in [1.54, 1.807) is 18.0 Å². The number of nitrogens with two attached hydrogens (primary N) is 1. The Labute approximate surface area is 356 Å². The lowest BCUT2D eigenvalue weighted by Crippen LogP contribution is -2.59. The normalized spacial score (nSPS) is 22.3. The summed E-state index contributed by atoms with van der Waals surface area (Å²) in [6, 6.07) is 28.3. The van der Waals surface area contributed by atoms with E-state index in [9.17, 15) is 8.42 Å². The number of aromatic nitrogens is 4. The molecule has 0 amide bonds. The summed E-state index contributed by atoms with van der Waals surface area (Å²) in [6.45, 7) is 21.3. The Morgan fingerprint density at radius 2 is 1.38 bits per heavy atom. The number of rotatable bonds is 12. The van der Waals surface area contributed by atoms with Crippen LogP contribution in [0.25, 0.3) is 11.2 Å². The number of hydrogen-bond acceptors (Lipinski definition) is 12. The third-order valence-corrected chi connectivity index (χ3v) is 23.0. The molecule has 2 aliphatic rings. The second-order valence-electron chi connectivity index (χ2n) is 18.7. The van der Waals surface area contributed by atoms with Gasteiger partial charge in [-0.25, -0.2) is 19.1 Å². The summed E-state index contributed by atoms with van der Waals surface area (Å²) in [5.74, 6) is 1.18. The molecule has 60 heavy (non-hydrogen) atoms. The topological polar surface area (TPSA) is 162 Å². The van der Waals surface area contributed by atoms with E-state index in [0.29, 0.717) is 17.0 Å². The molecule has 4 unspecified atom stereocenters. The number of benzene rings is 3. The van der Waals surface area contributed by atoms with Crippen molar-refractivity contribution in [2.24, 2.45) is 5.73 Å². The number of fused-ring (bicyclic) bond motifs is 1. The van der Waals surface area contributed by atoms with Gasteiger partial charge in [0.2, 0.25) is 0 Å². The van der Waals surface area contributed by atoms with E-state index in [1.165, 1.54) is 6.33 Å². The summed E-state index contributed by atoms with van der Waals surface area (Å²) >= 11 is 0. The van der Waals surface area contributed by atoms with E-state index >= 15 is 0 Å². The van der Waals surface area contributed by atoms with Gasteiger partial charge in [-0.1, -0.05) is 114 Å². The van der Waals surface area contributed by atoms with Crippen LogP contribution in [0.3, 0.4) is 0 Å². The first-order valence-corrected chi connectivity index (χ1v) is 27.5. The zero-order valence-electron chi connectivity index (χ0n) is 36.4. The fraction of sp³-hybridized carbons (Fsp3) is 0.432. The average molecular weight is 871 g/mol. The Morgan fingerprint density at radius 3 is 1.90 bits per heavy atom. The van der Waals surface area contributed by atoms with Crippen molar-refractivity contribution in [2.75, 3.05) is 19.0 Å². The molecule has 0 saturated carbocycles. The van der Waals surface area contributed by atoms with Crippen molar-refractivity contribution in [3.05, 3.63) is 125 Å². The van der Waals surface area contributed by atoms with E-state index in [2.05, 4.69) is 97.3 Å². The molecule has 0 aliphatic carbocycles. The molecule has 2 aromatic heterocycles. The molecule has 3 N–H and O–H groups in total. The molecule has 1 fully saturated rings. The molecule has 2 aliphatic heterocycles. The average Bonchev–Trinajstić information content (AvgIpc) is 3.83. The first-order valence-electron chi connectivity index (χ1n) is 20.2. The Morgan fingerprint density at radius 1 is 0.817 bits per heavy atom. The summed E-state index contributed by atoms with van der Waals surface area (Å²) in [5, 5.41) is 4.40. The molecule has 1 saturated heterocycles. The van der Waals surface area contributed by atoms with Crippen molar-refractivity contribution >= 4 is 43.7 Å². The molecule has 3 aromatic carbocycles. The highest BCUT2D eigenvalue weighted by molar-refractivity contribution is 7.90. The molecule has 0 bridgehead atoms. The number of hydrogen-bond donors (Lipinski definition) is 2. The molecule has 0 radical (unpaired) electrons. The molecule has 16 heteroatoms. The highest BCUT2D eigenvalue weighted by atomic mass is 32.2. The highest BCUT2D eigenvalue weighted by Gasteiger charge is 2.67. The molecule has 4 heterocycles. The minimum absolute atomic E-state index is 0.00561. The van der Waals surface area contributed by atoms with Gasteiger partial charge in [0.15, 0.2) is 45.4 Å². The van der Waals surface area contributed by atoms with E-state index in [0.717, 1.165) is 27.8 Å². The Kier molecular flexibility index (Phi) is 11.3. The van der Waals surface area contributed by atoms with Crippen LogP contribution in [0.5, 0.6) is 5.75 Å². The second-order valence-corrected chi connectivity index (χ2v) is 29.7. The summed E-state index contributed by atoms with van der Waals surface area (Å²) in [6.07, 6.45) is 0.0986. The van der Waals surface area contributed by atoms with Crippen LogP contribution in [-0.4, -0.2) is 76.1 Å². The van der Waals surface area contributed by atoms with Gasteiger partial charge in [0.1, 0.15) is 29.8 Å². The maximum absolute atomic E-state index is 13.4. The fourth-order valence-electron chi connectivity index (χ4n) is 7.46. The van der Waals surface area contributed by atoms with Crippen molar-refractivity contribution in [3.8, 4) is 5.75 Å². The third-order valence-electron chi connectivity index (χ3n) is 12.9. The number of nitrogens with zero attached hydrogens (tertiary/aromatic N) is 4. The zero-order valence-corrected chi connectivity index (χ0v) is 39.2. The summed E-state index contributed by atoms with van der Waals surface area (Å²) in [5.41, 5.74) is 7.82. The van der Waals surface area contributed by atoms with Crippen molar-refractivity contribution in [2.45, 2.75) is 107 Å². The SMILES string of the molecule is COc1ccc(C(Nc2ncnc3c2ncn3C2OC(CO[Si](C)(C)C(C)(C)C)C3(OS(=O)(=O)C=C3N)C2O[Si](C)(C)C(C)(C)C)(c2ccccc2)c2ccccc2)cc1. The maximum Gasteiger partial charge on any atom is 0.292 e. The Hall–Kier alpha value is -4.43. The van der Waals surface area contributed by atoms with Crippen molar-refractivity contribution in [1.29, 1.82) is 0 Å². The molecule has 1 spiro atoms. The lowest BCUT2D eigenvalue weighted by molar-refractivity contribution is -0.0535. The van der Waals surface area contributed by atoms with Crippen molar-refractivity contribution < 1.29 is 30.9 Å². The summed E-state index contributed by atoms with van der Waals surface area (Å²) < 4.78 is 61.2. The predicted octanol–water partition coefficient (Wildman–Crippen LogP) is 8.45. The van der Waals surface area contributed by atoms with Gasteiger partial charge in [0.25, 0.3) is 10.1 Å². The molecule has 5 aromatic rings. The predicted molar refractivity (Wildman–Crippen MR) is 239 cm³/mol. The largest absolute Gasteiger partial charge is 0.497 e. The zero-order chi connectivity index (χ0) is 43.5. The number of methoxy groups -OCH3 is 1. The molecule has 13 nitrogen and oxygen atoms in total. The van der Waals surface area contributed by atoms with Gasteiger partial charge in [0, 0.05) is 0 Å². The van der Waals surface area contributed by atoms with Crippen LogP contribution < -0.4 is 15.8 Å². The number of ether oxygens (including phenoxy) is 2. The Balaban J connectivity index is 1.40. The first-order chi connectivity index (χ1) is 28.1. The molecule has 320 valence electrons. The summed E-state index contributed by atoms with van der Waals surface area (Å²) in [4.78, 5) is 14.5. The number of anilines is 1. The van der Waals surface area contributed by atoms with Crippen molar-refractivity contribution in [3.63, 3.8) is 0 Å². The highest BCUT2D eigenvalue weighted by Crippen LogP contribution is 2.53. The van der Waals surface area contributed by atoms with Gasteiger partial charge < -0.3 is 29.4 Å². The quantitative estimate of drug-likeness (QED) is 0.0700. The first kappa shape index (κ1) is 43.7. The minimum atomic E-state index is -4.22. The van der Waals surface area contributed by atoms with Crippen LogP contribution >= 0.6 is 0 Å². The van der Waals surface area contributed by atoms with Crippen LogP contribution in [0.2, 0.25) is 36.3 Å². The second kappa shape index (κ2) is 15.5. The molecule has 7 rings (SSSR count). The van der Waals surface area contributed by atoms with E-state index in [4.69, 9.17) is 43.2 Å². The van der Waals surface area contributed by atoms with Gasteiger partial charge in [0.05, 0.1) is 31.1 Å². The van der Waals surface area contributed by atoms with Gasteiger partial charge in [-0.3, -0.25) is 4.57 Å². The number of nitrogens with one attached hydrogen (secondary N) is 1. The molecule has 4 atom stereocenters. The van der Waals surface area contributed by atoms with Crippen LogP contribution in [0.4, 0.5) is 5.82 Å². The van der Waals surface area contributed by atoms with Gasteiger partial charge in [-0.2, -0.15) is 8.42 Å². The maximum atomic E-state index is 13.4. The Bertz CT molecular complexity index is 2430. The van der Waals surface area contributed by atoms with Crippen molar-refractivity contribution in [1.82, 2.24) is 19.5 Å². The van der Waals surface area contributed by atoms with Crippen LogP contribution in [0.1, 0.15) is 64.5 Å². The molecular formula is C44H58N6O7SSi2. The lowest BCUT2D eigenvalue weighted by Gasteiger charge is -2.43. The smallest absolute Gasteiger partial charge is 0.292 e. The minimum Gasteiger partial charge on any atom is -0.497 e. The summed E-state index contributed by atoms with van der Waals surface area (Å²) in [7, 11) is -7.65. The van der Waals surface area contributed by atoms with Gasteiger partial charge in [-0.05, 0) is 65.1 Å². The fourth-order valence-corrected chi connectivity index (χ4v) is 11.0. The van der Waals surface area contributed by atoms with Gasteiger partial charge >= 0.3 is 0 Å². The van der Waals surface area contributed by atoms with E-state index in [-0.39, 0.29) is 22.4 Å². The van der Waals surface area contributed by atoms with Crippen LogP contribution in [0, 0.1) is 0 Å². The van der Waals surface area contributed by atoms with Crippen LogP contribution in [-0.2, 0) is 33.4 Å². The van der Waals surface area contributed by atoms with E-state index < -0.39 is 56.3 Å². The van der Waals surface area contributed by atoms with E-state index in [1.807, 2.05) is 60.7 Å². The number of imidazole rings is 1. The monoisotopic (exact) mass is 870 g/mol.